The first-order valence-electron chi connectivity index (χ1n) is 11.8. The third-order valence-corrected chi connectivity index (χ3v) is 6.49. The topological polar surface area (TPSA) is 182 Å². The molecule has 0 radical (unpaired) electrons. The predicted molar refractivity (Wildman–Crippen MR) is 147 cm³/mol. The van der Waals surface area contributed by atoms with Crippen LogP contribution in [0.1, 0.15) is 54.9 Å². The van der Waals surface area contributed by atoms with Crippen molar-refractivity contribution in [1.29, 1.82) is 0 Å². The van der Waals surface area contributed by atoms with Crippen LogP contribution in [0.3, 0.4) is 0 Å². The second kappa shape index (κ2) is 16.7. The quantitative estimate of drug-likeness (QED) is 0.252. The molecule has 11 nitrogen and oxygen atoms in total. The van der Waals surface area contributed by atoms with Crippen LogP contribution in [-0.2, 0) is 32.3 Å². The van der Waals surface area contributed by atoms with Crippen molar-refractivity contribution in [1.82, 2.24) is 19.9 Å². The van der Waals surface area contributed by atoms with Gasteiger partial charge in [0.2, 0.25) is 11.8 Å². The molecule has 14 heteroatoms. The molecule has 0 spiro atoms. The number of ether oxygens (including phenoxy) is 2. The normalized spacial score (nSPS) is 9.86. The number of benzene rings is 2. The summed E-state index contributed by atoms with van der Waals surface area (Å²) in [4.78, 5) is 37.2. The van der Waals surface area contributed by atoms with E-state index < -0.39 is 11.9 Å². The number of halogens is 2. The Morgan fingerprint density at radius 2 is 1.02 bits per heavy atom. The van der Waals surface area contributed by atoms with Crippen LogP contribution in [0.4, 0.5) is 0 Å². The molecule has 0 aliphatic rings. The minimum Gasteiger partial charge on any atom is -0.541 e. The molecule has 42 heavy (non-hydrogen) atoms. The molecule has 0 atom stereocenters. The van der Waals surface area contributed by atoms with Crippen LogP contribution in [0.25, 0.3) is 0 Å². The molecule has 2 aromatic carbocycles. The van der Waals surface area contributed by atoms with Gasteiger partial charge in [-0.25, -0.2) is 9.97 Å². The molecule has 0 amide bonds. The number of carboxylic acids is 2. The third kappa shape index (κ3) is 9.15. The van der Waals surface area contributed by atoms with Gasteiger partial charge in [-0.15, -0.1) is 0 Å². The second-order valence-corrected chi connectivity index (χ2v) is 9.17. The van der Waals surface area contributed by atoms with Gasteiger partial charge in [-0.1, -0.05) is 59.6 Å². The first-order chi connectivity index (χ1) is 19.0. The molecule has 0 unspecified atom stereocenters. The first kappa shape index (κ1) is 36.3. The Morgan fingerprint density at radius 1 is 0.690 bits per heavy atom. The van der Waals surface area contributed by atoms with Crippen LogP contribution < -0.4 is 19.7 Å². The van der Waals surface area contributed by atoms with Gasteiger partial charge in [0.05, 0.1) is 14.2 Å². The molecule has 0 aliphatic carbocycles. The monoisotopic (exact) mass is 664 g/mol. The number of carbonyl (C=O) groups excluding carboxylic acids is 2. The van der Waals surface area contributed by atoms with Crippen molar-refractivity contribution in [3.8, 4) is 11.8 Å². The molecule has 216 valence electrons. The summed E-state index contributed by atoms with van der Waals surface area (Å²) in [6, 6.07) is 14.8. The third-order valence-electron chi connectivity index (χ3n) is 5.75. The molecule has 0 saturated heterocycles. The van der Waals surface area contributed by atoms with Gasteiger partial charge in [0.1, 0.15) is 11.9 Å². The van der Waals surface area contributed by atoms with E-state index in [-0.39, 0.29) is 48.4 Å². The SMILES string of the molecule is COc1nc(C(=O)[O-])nc(C)c1Cc1ccccc1Cl.COc1nc(C(=O)[O-])nc(C)c1Cc1ccccc1Cl.O.[Zn+2]. The largest absolute Gasteiger partial charge is 2.00 e. The molecule has 2 N–H and O–H groups in total. The molecule has 2 aromatic heterocycles. The van der Waals surface area contributed by atoms with Gasteiger partial charge in [-0.2, -0.15) is 9.97 Å². The minimum absolute atomic E-state index is 0. The number of carboxylic acid groups (broad SMARTS) is 2. The zero-order valence-corrected chi connectivity index (χ0v) is 27.7. The van der Waals surface area contributed by atoms with Crippen LogP contribution in [0.15, 0.2) is 48.5 Å². The van der Waals surface area contributed by atoms with E-state index >= 15 is 0 Å². The number of hydrogen-bond acceptors (Lipinski definition) is 10. The Hall–Kier alpha value is -3.70. The van der Waals surface area contributed by atoms with Crippen molar-refractivity contribution in [2.24, 2.45) is 0 Å². The maximum atomic E-state index is 10.8. The fourth-order valence-corrected chi connectivity index (χ4v) is 4.14. The van der Waals surface area contributed by atoms with E-state index in [0.29, 0.717) is 45.4 Å². The van der Waals surface area contributed by atoms with E-state index in [0.717, 1.165) is 11.1 Å². The fraction of sp³-hybridized carbons (Fsp3) is 0.214. The summed E-state index contributed by atoms with van der Waals surface area (Å²) in [5, 5.41) is 22.9. The first-order valence-corrected chi connectivity index (χ1v) is 12.5. The molecule has 0 fully saturated rings. The Kier molecular flexibility index (Phi) is 14.4. The van der Waals surface area contributed by atoms with Gasteiger partial charge in [0.25, 0.3) is 0 Å². The van der Waals surface area contributed by atoms with Crippen molar-refractivity contribution in [2.45, 2.75) is 26.7 Å². The number of carbonyl (C=O) groups is 2. The molecule has 0 bridgehead atoms. The molecule has 2 heterocycles. The van der Waals surface area contributed by atoms with Crippen LogP contribution in [0.5, 0.6) is 11.8 Å². The summed E-state index contributed by atoms with van der Waals surface area (Å²) in [7, 11) is 2.86. The molecular weight excluding hydrogens is 641 g/mol. The van der Waals surface area contributed by atoms with E-state index in [4.69, 9.17) is 32.7 Å². The number of aryl methyl sites for hydroxylation is 2. The zero-order valence-electron chi connectivity index (χ0n) is 23.2. The van der Waals surface area contributed by atoms with Crippen molar-refractivity contribution in [2.75, 3.05) is 14.2 Å². The Bertz CT molecular complexity index is 1440. The fourth-order valence-electron chi connectivity index (χ4n) is 3.73. The van der Waals surface area contributed by atoms with Gasteiger partial charge in [0.15, 0.2) is 11.6 Å². The Labute approximate surface area is 265 Å². The van der Waals surface area contributed by atoms with E-state index in [1.807, 2.05) is 36.4 Å². The van der Waals surface area contributed by atoms with Gasteiger partial charge < -0.3 is 34.8 Å². The van der Waals surface area contributed by atoms with Crippen molar-refractivity contribution < 1.29 is 54.2 Å². The van der Waals surface area contributed by atoms with E-state index in [1.54, 1.807) is 26.0 Å². The predicted octanol–water partition coefficient (Wildman–Crippen LogP) is 1.98. The van der Waals surface area contributed by atoms with Crippen LogP contribution in [0, 0.1) is 13.8 Å². The summed E-state index contributed by atoms with van der Waals surface area (Å²) >= 11 is 12.2. The van der Waals surface area contributed by atoms with E-state index in [1.165, 1.54) is 14.2 Å². The Morgan fingerprint density at radius 3 is 1.31 bits per heavy atom. The molecule has 4 aromatic rings. The number of methoxy groups -OCH3 is 2. The van der Waals surface area contributed by atoms with Crippen molar-refractivity contribution in [3.63, 3.8) is 0 Å². The standard InChI is InChI=1S/2C14H13ClN2O3.H2O.Zn/c2*1-8-10(7-9-5-3-4-6-11(9)15)13(20-2)17-12(16-8)14(18)19;;/h2*3-6H,7H2,1-2H3,(H,18,19);1H2;/q;;;+2/p-2. The number of rotatable bonds is 8. The van der Waals surface area contributed by atoms with Gasteiger partial charge in [-0.3, -0.25) is 0 Å². The average Bonchev–Trinajstić information content (AvgIpc) is 2.92. The smallest absolute Gasteiger partial charge is 0.541 e. The number of nitrogens with zero attached hydrogens (tertiary/aromatic N) is 4. The number of aromatic nitrogens is 4. The Balaban J connectivity index is 0.000000401. The summed E-state index contributed by atoms with van der Waals surface area (Å²) in [5.41, 5.74) is 4.23. The van der Waals surface area contributed by atoms with Crippen molar-refractivity contribution >= 4 is 35.1 Å². The second-order valence-electron chi connectivity index (χ2n) is 8.35. The number of aromatic carboxylic acids is 2. The van der Waals surface area contributed by atoms with E-state index in [2.05, 4.69) is 19.9 Å². The summed E-state index contributed by atoms with van der Waals surface area (Å²) < 4.78 is 10.3. The maximum absolute atomic E-state index is 10.8. The molecular formula is C28H26Cl2N4O7Zn. The van der Waals surface area contributed by atoms with Crippen molar-refractivity contribution in [3.05, 3.63) is 104 Å². The van der Waals surface area contributed by atoms with Crippen LogP contribution >= 0.6 is 23.2 Å². The molecule has 0 aliphatic heterocycles. The van der Waals surface area contributed by atoms with E-state index in [9.17, 15) is 19.8 Å². The summed E-state index contributed by atoms with van der Waals surface area (Å²) in [5.74, 6) is -3.20. The van der Waals surface area contributed by atoms with Gasteiger partial charge in [0, 0.05) is 45.4 Å². The summed E-state index contributed by atoms with van der Waals surface area (Å²) in [6.07, 6.45) is 0.921. The summed E-state index contributed by atoms with van der Waals surface area (Å²) in [6.45, 7) is 3.39. The average molecular weight is 667 g/mol. The zero-order chi connectivity index (χ0) is 29.4. The van der Waals surface area contributed by atoms with Gasteiger partial charge >= 0.3 is 19.5 Å². The van der Waals surface area contributed by atoms with Crippen LogP contribution in [-0.4, -0.2) is 51.6 Å². The minimum atomic E-state index is -1.43. The van der Waals surface area contributed by atoms with Crippen LogP contribution in [0.2, 0.25) is 10.0 Å². The molecule has 0 saturated carbocycles. The molecule has 4 rings (SSSR count). The van der Waals surface area contributed by atoms with Gasteiger partial charge in [-0.05, 0) is 37.1 Å². The number of hydrogen-bond donors (Lipinski definition) is 0. The maximum Gasteiger partial charge on any atom is 2.00 e.